The summed E-state index contributed by atoms with van der Waals surface area (Å²) >= 11 is 0. The summed E-state index contributed by atoms with van der Waals surface area (Å²) in [4.78, 5) is 0. The molecule has 0 amide bonds. The molecule has 7 heteroatoms. The van der Waals surface area contributed by atoms with Crippen LogP contribution in [0.1, 0.15) is 19.0 Å². The van der Waals surface area contributed by atoms with E-state index in [-0.39, 0.29) is 35.6 Å². The van der Waals surface area contributed by atoms with Crippen LogP contribution in [0.15, 0.2) is 12.1 Å². The van der Waals surface area contributed by atoms with E-state index < -0.39 is 20.6 Å². The highest BCUT2D eigenvalue weighted by atomic mass is 31.1. The van der Waals surface area contributed by atoms with Gasteiger partial charge >= 0.3 is 0 Å². The molecule has 0 aliphatic carbocycles. The Morgan fingerprint density at radius 1 is 1.45 bits per heavy atom. The fourth-order valence-corrected chi connectivity index (χ4v) is 3.79. The highest BCUT2D eigenvalue weighted by Gasteiger charge is 2.32. The molecule has 1 saturated heterocycles. The van der Waals surface area contributed by atoms with E-state index in [1.54, 1.807) is 12.1 Å². The lowest BCUT2D eigenvalue weighted by Crippen LogP contribution is -2.23. The van der Waals surface area contributed by atoms with Crippen molar-refractivity contribution < 1.29 is 30.9 Å². The summed E-state index contributed by atoms with van der Waals surface area (Å²) in [6.07, 6.45) is -1.48. The summed E-state index contributed by atoms with van der Waals surface area (Å²) in [6, 6.07) is 3.24. The summed E-state index contributed by atoms with van der Waals surface area (Å²) in [5, 5.41) is 19.0. The van der Waals surface area contributed by atoms with E-state index in [0.29, 0.717) is 5.56 Å². The van der Waals surface area contributed by atoms with Crippen LogP contribution in [0.25, 0.3) is 0 Å². The fraction of sp³-hybridized carbons (Fsp3) is 0.538. The van der Waals surface area contributed by atoms with Crippen LogP contribution >= 0.6 is 7.92 Å². The van der Waals surface area contributed by atoms with Gasteiger partial charge in [0.25, 0.3) is 0 Å². The summed E-state index contributed by atoms with van der Waals surface area (Å²) in [5.41, 5.74) is 0.313. The molecular formula is C13H19O6P. The summed E-state index contributed by atoms with van der Waals surface area (Å²) in [7, 11) is 1.84. The summed E-state index contributed by atoms with van der Waals surface area (Å²) < 4.78 is 38.0. The Bertz CT molecular complexity index is 507. The second-order valence-corrected chi connectivity index (χ2v) is 6.54. The molecule has 0 spiro atoms. The number of hydrogen-bond donors (Lipinski definition) is 3. The van der Waals surface area contributed by atoms with Crippen LogP contribution in [0.3, 0.4) is 0 Å². The molecule has 1 aromatic rings. The minimum absolute atomic E-state index is 0.123. The molecule has 4 atom stereocenters. The number of benzene rings is 1. The van der Waals surface area contributed by atoms with Gasteiger partial charge in [-0.2, -0.15) is 0 Å². The molecule has 6 nitrogen and oxygen atoms in total. The maximum atomic E-state index is 10.0. The van der Waals surface area contributed by atoms with E-state index >= 15 is 0 Å². The quantitative estimate of drug-likeness (QED) is 0.692. The van der Waals surface area contributed by atoms with Crippen LogP contribution in [0.2, 0.25) is 0 Å². The Morgan fingerprint density at radius 3 is 2.70 bits per heavy atom. The van der Waals surface area contributed by atoms with E-state index in [1.807, 2.05) is 0 Å². The Hall–Kier alpha value is -1.07. The lowest BCUT2D eigenvalue weighted by Gasteiger charge is -2.34. The number of rotatable bonds is 6. The number of methoxy groups -OCH3 is 2. The van der Waals surface area contributed by atoms with Crippen LogP contribution in [0.4, 0.5) is 0 Å². The average Bonchev–Trinajstić information content (AvgIpc) is 2.56. The molecule has 1 aliphatic heterocycles. The predicted octanol–water partition coefficient (Wildman–Crippen LogP) is 1.58. The van der Waals surface area contributed by atoms with E-state index in [4.69, 9.17) is 18.4 Å². The van der Waals surface area contributed by atoms with Gasteiger partial charge in [-0.1, -0.05) is 0 Å². The first-order valence-corrected chi connectivity index (χ1v) is 7.78. The average molecular weight is 305 g/mol. The van der Waals surface area contributed by atoms with E-state index in [0.717, 1.165) is 0 Å². The number of aliphatic hydroxyl groups is 2. The third-order valence-corrected chi connectivity index (χ3v) is 5.22. The highest BCUT2D eigenvalue weighted by molar-refractivity contribution is 7.57. The van der Waals surface area contributed by atoms with Crippen LogP contribution in [-0.4, -0.2) is 51.4 Å². The number of hydrogen-bond acceptors (Lipinski definition) is 6. The molecule has 1 aliphatic rings. The molecule has 20 heavy (non-hydrogen) atoms. The zero-order chi connectivity index (χ0) is 17.0. The van der Waals surface area contributed by atoms with Crippen molar-refractivity contribution in [3.8, 4) is 17.2 Å². The number of phenolic OH excluding ortho intramolecular Hbond substituents is 1. The van der Waals surface area contributed by atoms with Crippen molar-refractivity contribution in [2.24, 2.45) is 0 Å². The number of ether oxygens (including phenoxy) is 3. The van der Waals surface area contributed by atoms with Gasteiger partial charge in [-0.15, -0.1) is 0 Å². The van der Waals surface area contributed by atoms with E-state index in [9.17, 15) is 5.11 Å². The lowest BCUT2D eigenvalue weighted by atomic mass is 10.1. The van der Waals surface area contributed by atoms with Crippen LogP contribution in [0.5, 0.6) is 17.2 Å². The Balaban J connectivity index is 2.45. The molecule has 2 rings (SSSR count). The molecule has 0 aromatic heterocycles. The summed E-state index contributed by atoms with van der Waals surface area (Å²) in [5.74, 6) is 0.327. The molecule has 0 saturated carbocycles. The van der Waals surface area contributed by atoms with Gasteiger partial charge in [0, 0.05) is 13.4 Å². The lowest BCUT2D eigenvalue weighted by molar-refractivity contribution is -0.0937. The van der Waals surface area contributed by atoms with Gasteiger partial charge in [0.1, 0.15) is 0 Å². The predicted molar refractivity (Wildman–Crippen MR) is 74.5 cm³/mol. The third-order valence-electron chi connectivity index (χ3n) is 3.15. The van der Waals surface area contributed by atoms with Gasteiger partial charge in [0.15, 0.2) is 17.8 Å². The molecule has 3 N–H and O–H groups in total. The Morgan fingerprint density at radius 2 is 2.15 bits per heavy atom. The van der Waals surface area contributed by atoms with E-state index in [2.05, 4.69) is 10.2 Å². The van der Waals surface area contributed by atoms with Crippen molar-refractivity contribution in [2.75, 3.05) is 26.9 Å². The first-order chi connectivity index (χ1) is 11.1. The minimum atomic E-state index is -1.00. The van der Waals surface area contributed by atoms with Gasteiger partial charge < -0.3 is 29.5 Å². The standard InChI is InChI=1S/C13H19O6P/c1-17-9-3-8(4-10(18-2)13(9)16)11-5-12(15)19-7-20(11)6-14/h3-4,11-12,14-16H,5-7H2,1-2H3/t11-,12+,20+/m1/s1/i5D,14D,15D/t5-,11-,12+,20+. The van der Waals surface area contributed by atoms with Crippen LogP contribution in [0, 0.1) is 0 Å². The molecule has 0 unspecified atom stereocenters. The molecule has 1 fully saturated rings. The van der Waals surface area contributed by atoms with Gasteiger partial charge in [-0.05, 0) is 25.6 Å². The largest absolute Gasteiger partial charge is 0.502 e. The van der Waals surface area contributed by atoms with E-state index in [1.165, 1.54) is 14.2 Å². The first-order valence-electron chi connectivity index (χ1n) is 7.39. The Kier molecular flexibility index (Phi) is 3.81. The highest BCUT2D eigenvalue weighted by Crippen LogP contribution is 2.57. The van der Waals surface area contributed by atoms with Crippen molar-refractivity contribution in [2.45, 2.75) is 18.3 Å². The number of phenols is 1. The monoisotopic (exact) mass is 305 g/mol. The molecular weight excluding hydrogens is 283 g/mol. The minimum Gasteiger partial charge on any atom is -0.502 e. The topological polar surface area (TPSA) is 88.4 Å². The second-order valence-electron chi connectivity index (χ2n) is 4.29. The smallest absolute Gasteiger partial charge is 0.213 e. The fourth-order valence-electron chi connectivity index (χ4n) is 2.10. The van der Waals surface area contributed by atoms with Crippen LogP contribution < -0.4 is 9.47 Å². The molecule has 112 valence electrons. The van der Waals surface area contributed by atoms with Crippen molar-refractivity contribution in [3.63, 3.8) is 0 Å². The van der Waals surface area contributed by atoms with Gasteiger partial charge in [-0.3, -0.25) is 0 Å². The van der Waals surface area contributed by atoms with Crippen LogP contribution in [-0.2, 0) is 4.74 Å². The van der Waals surface area contributed by atoms with Crippen molar-refractivity contribution >= 4 is 7.92 Å². The Labute approximate surface area is 123 Å². The zero-order valence-electron chi connectivity index (χ0n) is 14.2. The van der Waals surface area contributed by atoms with Crippen molar-refractivity contribution in [1.29, 1.82) is 2.86 Å². The molecule has 1 heterocycles. The maximum absolute atomic E-state index is 10.0. The number of aliphatic hydroxyl groups excluding tert-OH is 2. The second kappa shape index (κ2) is 6.59. The molecule has 0 bridgehead atoms. The van der Waals surface area contributed by atoms with Gasteiger partial charge in [0.2, 0.25) is 8.61 Å². The van der Waals surface area contributed by atoms with Crippen molar-refractivity contribution in [3.05, 3.63) is 17.7 Å². The SMILES string of the molecule is [2H]OC[P@@]1CO[C@H](O[2H])[C@H]([2H])[C@@H]1c1cc(OC)c(O)c(OC)c1. The summed E-state index contributed by atoms with van der Waals surface area (Å²) in [6.45, 7) is 0. The van der Waals surface area contributed by atoms with Gasteiger partial charge in [-0.25, -0.2) is 0 Å². The van der Waals surface area contributed by atoms with Gasteiger partial charge in [0.05, 0.1) is 26.9 Å². The normalized spacial score (nSPS) is 32.0. The third kappa shape index (κ3) is 2.99. The number of aromatic hydroxyl groups is 1. The van der Waals surface area contributed by atoms with Crippen molar-refractivity contribution in [1.82, 2.24) is 0 Å². The molecule has 1 aromatic carbocycles. The first kappa shape index (κ1) is 11.6. The zero-order valence-corrected chi connectivity index (χ0v) is 12.1. The maximum Gasteiger partial charge on any atom is 0.213 e. The molecule has 0 radical (unpaired) electrons.